The molecule has 3 nitrogen and oxygen atoms in total. The molecule has 1 N–H and O–H groups in total. The Labute approximate surface area is 117 Å². The molecule has 0 aromatic heterocycles. The largest absolute Gasteiger partial charge is 0.462 e. The van der Waals surface area contributed by atoms with Crippen LogP contribution in [0.4, 0.5) is 5.69 Å². The molecule has 1 aromatic carbocycles. The molecule has 4 heteroatoms. The first-order valence-corrected chi connectivity index (χ1v) is 7.14. The molecule has 0 atom stereocenters. The van der Waals surface area contributed by atoms with Crippen molar-refractivity contribution in [3.8, 4) is 0 Å². The van der Waals surface area contributed by atoms with Gasteiger partial charge in [-0.25, -0.2) is 4.79 Å². The summed E-state index contributed by atoms with van der Waals surface area (Å²) >= 11 is 3.48. The number of rotatable bonds is 6. The van der Waals surface area contributed by atoms with Gasteiger partial charge in [-0.05, 0) is 53.9 Å². The highest BCUT2D eigenvalue weighted by atomic mass is 79.9. The normalized spacial score (nSPS) is 10.5. The van der Waals surface area contributed by atoms with E-state index < -0.39 is 0 Å². The van der Waals surface area contributed by atoms with Gasteiger partial charge in [-0.3, -0.25) is 0 Å². The molecule has 0 aliphatic rings. The zero-order chi connectivity index (χ0) is 13.5. The van der Waals surface area contributed by atoms with E-state index in [4.69, 9.17) is 4.74 Å². The van der Waals surface area contributed by atoms with Crippen LogP contribution < -0.4 is 5.32 Å². The second kappa shape index (κ2) is 7.41. The Kier molecular flexibility index (Phi) is 6.19. The summed E-state index contributed by atoms with van der Waals surface area (Å²) in [5, 5.41) is 3.45. The highest BCUT2D eigenvalue weighted by Crippen LogP contribution is 2.25. The van der Waals surface area contributed by atoms with E-state index in [1.165, 1.54) is 0 Å². The van der Waals surface area contributed by atoms with Gasteiger partial charge in [0.2, 0.25) is 0 Å². The number of carbonyl (C=O) groups is 1. The molecule has 0 unspecified atom stereocenters. The molecule has 0 fully saturated rings. The third-order valence-corrected chi connectivity index (χ3v) is 3.48. The lowest BCUT2D eigenvalue weighted by molar-refractivity contribution is 0.0526. The van der Waals surface area contributed by atoms with E-state index in [9.17, 15) is 4.79 Å². The third kappa shape index (κ3) is 4.02. The molecular formula is C14H20BrNO2. The molecule has 0 saturated heterocycles. The summed E-state index contributed by atoms with van der Waals surface area (Å²) in [6.07, 6.45) is 2.14. The van der Waals surface area contributed by atoms with Crippen molar-refractivity contribution in [2.75, 3.05) is 11.9 Å². The molecule has 0 amide bonds. The van der Waals surface area contributed by atoms with Crippen molar-refractivity contribution in [1.82, 2.24) is 0 Å². The molecule has 0 aliphatic carbocycles. The fourth-order valence-electron chi connectivity index (χ4n) is 1.69. The van der Waals surface area contributed by atoms with Crippen molar-refractivity contribution in [3.05, 3.63) is 28.2 Å². The second-order valence-electron chi connectivity index (χ2n) is 4.07. The topological polar surface area (TPSA) is 38.3 Å². The van der Waals surface area contributed by atoms with Crippen molar-refractivity contribution in [1.29, 1.82) is 0 Å². The Morgan fingerprint density at radius 1 is 1.33 bits per heavy atom. The molecule has 0 heterocycles. The first kappa shape index (κ1) is 15.0. The predicted molar refractivity (Wildman–Crippen MR) is 78.1 cm³/mol. The average Bonchev–Trinajstić information content (AvgIpc) is 2.37. The number of hydrogen-bond acceptors (Lipinski definition) is 3. The van der Waals surface area contributed by atoms with Gasteiger partial charge in [0.1, 0.15) is 0 Å². The van der Waals surface area contributed by atoms with E-state index in [0.717, 1.165) is 23.0 Å². The first-order valence-electron chi connectivity index (χ1n) is 6.35. The van der Waals surface area contributed by atoms with Crippen LogP contribution in [0.2, 0.25) is 0 Å². The van der Waals surface area contributed by atoms with Crippen molar-refractivity contribution >= 4 is 27.6 Å². The van der Waals surface area contributed by atoms with Crippen molar-refractivity contribution in [2.24, 2.45) is 0 Å². The molecule has 0 aliphatic heterocycles. The Bertz CT molecular complexity index is 403. The predicted octanol–water partition coefficient (Wildman–Crippen LogP) is 4.23. The summed E-state index contributed by atoms with van der Waals surface area (Å²) in [4.78, 5) is 11.6. The summed E-state index contributed by atoms with van der Waals surface area (Å²) in [6.45, 7) is 6.50. The van der Waals surface area contributed by atoms with Gasteiger partial charge in [0, 0.05) is 16.2 Å². The SMILES string of the molecule is CCOC(=O)c1ccc(NC(CC)CC)c(Br)c1. The summed E-state index contributed by atoms with van der Waals surface area (Å²) in [7, 11) is 0. The van der Waals surface area contributed by atoms with Crippen molar-refractivity contribution < 1.29 is 9.53 Å². The number of esters is 1. The van der Waals surface area contributed by atoms with Gasteiger partial charge in [0.05, 0.1) is 12.2 Å². The number of carbonyl (C=O) groups excluding carboxylic acids is 1. The highest BCUT2D eigenvalue weighted by molar-refractivity contribution is 9.10. The summed E-state index contributed by atoms with van der Waals surface area (Å²) < 4.78 is 5.85. The minimum absolute atomic E-state index is 0.285. The molecule has 0 bridgehead atoms. The first-order chi connectivity index (χ1) is 8.62. The quantitative estimate of drug-likeness (QED) is 0.799. The molecule has 18 heavy (non-hydrogen) atoms. The van der Waals surface area contributed by atoms with Crippen LogP contribution in [-0.4, -0.2) is 18.6 Å². The molecule has 0 radical (unpaired) electrons. The van der Waals surface area contributed by atoms with Crippen molar-refractivity contribution in [3.63, 3.8) is 0 Å². The van der Waals surface area contributed by atoms with Gasteiger partial charge < -0.3 is 10.1 Å². The van der Waals surface area contributed by atoms with Crippen LogP contribution in [0, 0.1) is 0 Å². The van der Waals surface area contributed by atoms with Crippen LogP contribution in [0.1, 0.15) is 44.0 Å². The lowest BCUT2D eigenvalue weighted by Gasteiger charge is -2.17. The third-order valence-electron chi connectivity index (χ3n) is 2.83. The maximum absolute atomic E-state index is 11.6. The Balaban J connectivity index is 2.82. The van der Waals surface area contributed by atoms with E-state index >= 15 is 0 Å². The van der Waals surface area contributed by atoms with E-state index in [1.807, 2.05) is 6.07 Å². The fraction of sp³-hybridized carbons (Fsp3) is 0.500. The smallest absolute Gasteiger partial charge is 0.338 e. The molecule has 1 aromatic rings. The monoisotopic (exact) mass is 313 g/mol. The molecule has 1 rings (SSSR count). The van der Waals surface area contributed by atoms with Crippen LogP contribution >= 0.6 is 15.9 Å². The Morgan fingerprint density at radius 3 is 2.50 bits per heavy atom. The molecule has 0 spiro atoms. The number of benzene rings is 1. The number of nitrogens with one attached hydrogen (secondary N) is 1. The zero-order valence-corrected chi connectivity index (χ0v) is 12.7. The van der Waals surface area contributed by atoms with Gasteiger partial charge >= 0.3 is 5.97 Å². The lowest BCUT2D eigenvalue weighted by atomic mass is 10.1. The fourth-order valence-corrected chi connectivity index (χ4v) is 2.18. The maximum Gasteiger partial charge on any atom is 0.338 e. The van der Waals surface area contributed by atoms with E-state index in [2.05, 4.69) is 35.1 Å². The lowest BCUT2D eigenvalue weighted by Crippen LogP contribution is -2.17. The molecule has 0 saturated carbocycles. The van der Waals surface area contributed by atoms with Gasteiger partial charge in [-0.1, -0.05) is 13.8 Å². The number of halogens is 1. The van der Waals surface area contributed by atoms with Gasteiger partial charge in [0.25, 0.3) is 0 Å². The standard InChI is InChI=1S/C14H20BrNO2/c1-4-11(5-2)16-13-8-7-10(9-12(13)15)14(17)18-6-3/h7-9,11,16H,4-6H2,1-3H3. The van der Waals surface area contributed by atoms with Gasteiger partial charge in [-0.15, -0.1) is 0 Å². The highest BCUT2D eigenvalue weighted by Gasteiger charge is 2.11. The maximum atomic E-state index is 11.6. The summed E-state index contributed by atoms with van der Waals surface area (Å²) in [5.74, 6) is -0.285. The van der Waals surface area contributed by atoms with Crippen LogP contribution in [0.5, 0.6) is 0 Å². The summed E-state index contributed by atoms with van der Waals surface area (Å²) in [5.41, 5.74) is 1.58. The van der Waals surface area contributed by atoms with Crippen LogP contribution in [0.3, 0.4) is 0 Å². The Hall–Kier alpha value is -1.03. The van der Waals surface area contributed by atoms with Gasteiger partial charge in [-0.2, -0.15) is 0 Å². The minimum atomic E-state index is -0.285. The van der Waals surface area contributed by atoms with E-state index in [0.29, 0.717) is 18.2 Å². The number of ether oxygens (including phenoxy) is 1. The van der Waals surface area contributed by atoms with Gasteiger partial charge in [0.15, 0.2) is 0 Å². The van der Waals surface area contributed by atoms with Crippen LogP contribution in [0.15, 0.2) is 22.7 Å². The molecular weight excluding hydrogens is 294 g/mol. The van der Waals surface area contributed by atoms with Crippen LogP contribution in [0.25, 0.3) is 0 Å². The van der Waals surface area contributed by atoms with Crippen LogP contribution in [-0.2, 0) is 4.74 Å². The number of hydrogen-bond donors (Lipinski definition) is 1. The zero-order valence-electron chi connectivity index (χ0n) is 11.1. The minimum Gasteiger partial charge on any atom is -0.462 e. The second-order valence-corrected chi connectivity index (χ2v) is 4.93. The van der Waals surface area contributed by atoms with E-state index in [-0.39, 0.29) is 5.97 Å². The average molecular weight is 314 g/mol. The Morgan fingerprint density at radius 2 is 2.00 bits per heavy atom. The van der Waals surface area contributed by atoms with Crippen molar-refractivity contribution in [2.45, 2.75) is 39.7 Å². The summed E-state index contributed by atoms with van der Waals surface area (Å²) in [6, 6.07) is 5.94. The van der Waals surface area contributed by atoms with E-state index in [1.54, 1.807) is 19.1 Å². The molecule has 100 valence electrons. The number of anilines is 1.